The van der Waals surface area contributed by atoms with Crippen molar-refractivity contribution in [2.75, 3.05) is 0 Å². The lowest BCUT2D eigenvalue weighted by molar-refractivity contribution is 0.281. The Morgan fingerprint density at radius 2 is 1.93 bits per heavy atom. The summed E-state index contributed by atoms with van der Waals surface area (Å²) >= 11 is 0. The average Bonchev–Trinajstić information content (AvgIpc) is 2.65. The van der Waals surface area contributed by atoms with Gasteiger partial charge in [0.15, 0.2) is 0 Å². The second-order valence-electron chi connectivity index (χ2n) is 3.71. The van der Waals surface area contributed by atoms with E-state index in [0.29, 0.717) is 0 Å². The Labute approximate surface area is 89.2 Å². The van der Waals surface area contributed by atoms with Crippen molar-refractivity contribution in [2.24, 2.45) is 0 Å². The third-order valence-electron chi connectivity index (χ3n) is 2.54. The molecule has 15 heavy (non-hydrogen) atoms. The van der Waals surface area contributed by atoms with E-state index in [2.05, 4.69) is 0 Å². The van der Waals surface area contributed by atoms with Crippen LogP contribution in [0.25, 0.3) is 11.3 Å². The van der Waals surface area contributed by atoms with Crippen LogP contribution < -0.4 is 0 Å². The summed E-state index contributed by atoms with van der Waals surface area (Å²) < 4.78 is 5.54. The zero-order valence-electron chi connectivity index (χ0n) is 8.95. The van der Waals surface area contributed by atoms with Crippen LogP contribution in [-0.2, 0) is 6.61 Å². The number of aliphatic hydroxyl groups excluding tert-OH is 1. The van der Waals surface area contributed by atoms with Crippen LogP contribution >= 0.6 is 0 Å². The zero-order valence-corrected chi connectivity index (χ0v) is 8.95. The first-order valence-electron chi connectivity index (χ1n) is 4.98. The minimum absolute atomic E-state index is 0.0866. The molecule has 2 rings (SSSR count). The van der Waals surface area contributed by atoms with E-state index in [9.17, 15) is 0 Å². The fourth-order valence-corrected chi connectivity index (χ4v) is 1.62. The molecule has 0 amide bonds. The fourth-order valence-electron chi connectivity index (χ4n) is 1.62. The minimum atomic E-state index is 0.0866. The monoisotopic (exact) mass is 202 g/mol. The number of hydrogen-bond acceptors (Lipinski definition) is 2. The van der Waals surface area contributed by atoms with Crippen molar-refractivity contribution in [3.05, 3.63) is 47.2 Å². The van der Waals surface area contributed by atoms with Gasteiger partial charge in [-0.25, -0.2) is 0 Å². The lowest BCUT2D eigenvalue weighted by atomic mass is 10.0. The smallest absolute Gasteiger partial charge is 0.134 e. The van der Waals surface area contributed by atoms with Crippen molar-refractivity contribution in [1.29, 1.82) is 0 Å². The van der Waals surface area contributed by atoms with Gasteiger partial charge in [-0.2, -0.15) is 0 Å². The molecule has 2 aromatic rings. The molecule has 0 saturated heterocycles. The molecule has 0 atom stereocenters. The van der Waals surface area contributed by atoms with Crippen molar-refractivity contribution in [1.82, 2.24) is 0 Å². The summed E-state index contributed by atoms with van der Waals surface area (Å²) in [7, 11) is 0. The highest BCUT2D eigenvalue weighted by Crippen LogP contribution is 2.24. The van der Waals surface area contributed by atoms with Crippen LogP contribution in [0, 0.1) is 13.8 Å². The normalized spacial score (nSPS) is 10.6. The van der Waals surface area contributed by atoms with Crippen LogP contribution in [0.15, 0.2) is 34.7 Å². The number of hydrogen-bond donors (Lipinski definition) is 1. The first kappa shape index (κ1) is 9.99. The molecule has 1 N–H and O–H groups in total. The predicted octanol–water partition coefficient (Wildman–Crippen LogP) is 3.06. The summed E-state index contributed by atoms with van der Waals surface area (Å²) in [6.45, 7) is 4.01. The predicted molar refractivity (Wildman–Crippen MR) is 59.5 cm³/mol. The first-order valence-corrected chi connectivity index (χ1v) is 4.98. The number of benzene rings is 1. The SMILES string of the molecule is Cc1ccc(-c2ccc(CO)c(C)c2)o1. The molecule has 0 bridgehead atoms. The van der Waals surface area contributed by atoms with Gasteiger partial charge in [0.25, 0.3) is 0 Å². The highest BCUT2D eigenvalue weighted by molar-refractivity contribution is 5.59. The lowest BCUT2D eigenvalue weighted by Gasteiger charge is -2.04. The second-order valence-corrected chi connectivity index (χ2v) is 3.71. The Kier molecular flexibility index (Phi) is 2.60. The number of aliphatic hydroxyl groups is 1. The van der Waals surface area contributed by atoms with E-state index in [0.717, 1.165) is 28.2 Å². The number of aryl methyl sites for hydroxylation is 2. The summed E-state index contributed by atoms with van der Waals surface area (Å²) in [5, 5.41) is 9.06. The van der Waals surface area contributed by atoms with Gasteiger partial charge in [0.05, 0.1) is 6.61 Å². The molecular formula is C13H14O2. The molecule has 1 aromatic heterocycles. The molecule has 0 aliphatic carbocycles. The van der Waals surface area contributed by atoms with E-state index >= 15 is 0 Å². The maximum absolute atomic E-state index is 9.06. The number of furan rings is 1. The van der Waals surface area contributed by atoms with E-state index in [1.165, 1.54) is 0 Å². The van der Waals surface area contributed by atoms with E-state index in [1.807, 2.05) is 44.2 Å². The molecule has 0 aliphatic heterocycles. The van der Waals surface area contributed by atoms with Gasteiger partial charge in [0, 0.05) is 5.56 Å². The van der Waals surface area contributed by atoms with Crippen LogP contribution in [-0.4, -0.2) is 5.11 Å². The van der Waals surface area contributed by atoms with Gasteiger partial charge in [-0.05, 0) is 43.2 Å². The molecule has 2 heteroatoms. The summed E-state index contributed by atoms with van der Waals surface area (Å²) in [5.41, 5.74) is 3.10. The second kappa shape index (κ2) is 3.91. The third kappa shape index (κ3) is 1.95. The van der Waals surface area contributed by atoms with Gasteiger partial charge >= 0.3 is 0 Å². The van der Waals surface area contributed by atoms with Crippen molar-refractivity contribution in [2.45, 2.75) is 20.5 Å². The lowest BCUT2D eigenvalue weighted by Crippen LogP contribution is -1.88. The largest absolute Gasteiger partial charge is 0.461 e. The van der Waals surface area contributed by atoms with Crippen LogP contribution in [0.1, 0.15) is 16.9 Å². The molecule has 0 fully saturated rings. The van der Waals surface area contributed by atoms with Crippen LogP contribution in [0.2, 0.25) is 0 Å². The van der Waals surface area contributed by atoms with Gasteiger partial charge in [-0.3, -0.25) is 0 Å². The van der Waals surface area contributed by atoms with Crippen molar-refractivity contribution in [3.63, 3.8) is 0 Å². The Hall–Kier alpha value is -1.54. The topological polar surface area (TPSA) is 33.4 Å². The summed E-state index contributed by atoms with van der Waals surface area (Å²) in [6.07, 6.45) is 0. The third-order valence-corrected chi connectivity index (χ3v) is 2.54. The molecular weight excluding hydrogens is 188 g/mol. The molecule has 1 heterocycles. The Morgan fingerprint density at radius 3 is 2.47 bits per heavy atom. The molecule has 0 radical (unpaired) electrons. The number of rotatable bonds is 2. The molecule has 2 nitrogen and oxygen atoms in total. The molecule has 0 saturated carbocycles. The maximum atomic E-state index is 9.06. The highest BCUT2D eigenvalue weighted by atomic mass is 16.3. The molecule has 0 unspecified atom stereocenters. The molecule has 0 aliphatic rings. The average molecular weight is 202 g/mol. The van der Waals surface area contributed by atoms with Gasteiger partial charge in [0.1, 0.15) is 11.5 Å². The van der Waals surface area contributed by atoms with E-state index < -0.39 is 0 Å². The van der Waals surface area contributed by atoms with Crippen LogP contribution in [0.4, 0.5) is 0 Å². The maximum Gasteiger partial charge on any atom is 0.134 e. The molecule has 78 valence electrons. The Bertz CT molecular complexity index is 469. The summed E-state index contributed by atoms with van der Waals surface area (Å²) in [5.74, 6) is 1.79. The standard InChI is InChI=1S/C13H14O2/c1-9-7-11(4-5-12(9)8-14)13-6-3-10(2)15-13/h3-7,14H,8H2,1-2H3. The van der Waals surface area contributed by atoms with Crippen molar-refractivity contribution in [3.8, 4) is 11.3 Å². The highest BCUT2D eigenvalue weighted by Gasteiger charge is 2.04. The van der Waals surface area contributed by atoms with Gasteiger partial charge in [-0.15, -0.1) is 0 Å². The minimum Gasteiger partial charge on any atom is -0.461 e. The van der Waals surface area contributed by atoms with Gasteiger partial charge < -0.3 is 9.52 Å². The van der Waals surface area contributed by atoms with Crippen molar-refractivity contribution < 1.29 is 9.52 Å². The van der Waals surface area contributed by atoms with Gasteiger partial charge in [-0.1, -0.05) is 12.1 Å². The summed E-state index contributed by atoms with van der Waals surface area (Å²) in [4.78, 5) is 0. The first-order chi connectivity index (χ1) is 7.20. The molecule has 1 aromatic carbocycles. The zero-order chi connectivity index (χ0) is 10.8. The summed E-state index contributed by atoms with van der Waals surface area (Å²) in [6, 6.07) is 9.84. The van der Waals surface area contributed by atoms with E-state index in [1.54, 1.807) is 0 Å². The van der Waals surface area contributed by atoms with E-state index in [4.69, 9.17) is 9.52 Å². The Morgan fingerprint density at radius 1 is 1.13 bits per heavy atom. The van der Waals surface area contributed by atoms with Crippen LogP contribution in [0.3, 0.4) is 0 Å². The fraction of sp³-hybridized carbons (Fsp3) is 0.231. The molecule has 0 spiro atoms. The van der Waals surface area contributed by atoms with Crippen molar-refractivity contribution >= 4 is 0 Å². The van der Waals surface area contributed by atoms with E-state index in [-0.39, 0.29) is 6.61 Å². The quantitative estimate of drug-likeness (QED) is 0.811. The Balaban J connectivity index is 2.42. The van der Waals surface area contributed by atoms with Crippen LogP contribution in [0.5, 0.6) is 0 Å². The van der Waals surface area contributed by atoms with Gasteiger partial charge in [0.2, 0.25) is 0 Å².